The van der Waals surface area contributed by atoms with Gasteiger partial charge in [-0.2, -0.15) is 0 Å². The number of hydrogen-bond donors (Lipinski definition) is 2. The number of hydrogen-bond acceptors (Lipinski definition) is 3. The molecule has 1 unspecified atom stereocenters. The summed E-state index contributed by atoms with van der Waals surface area (Å²) in [6, 6.07) is 1.11. The van der Waals surface area contributed by atoms with Crippen molar-refractivity contribution in [2.75, 3.05) is 39.3 Å². The Bertz CT molecular complexity index is 414. The van der Waals surface area contributed by atoms with Crippen molar-refractivity contribution >= 4 is 35.8 Å². The molecule has 1 amide bonds. The molecule has 1 atom stereocenters. The molecule has 1 aliphatic heterocycles. The fraction of sp³-hybridized carbons (Fsp3) is 0.882. The van der Waals surface area contributed by atoms with Gasteiger partial charge in [-0.25, -0.2) is 0 Å². The zero-order chi connectivity index (χ0) is 16.7. The highest BCUT2D eigenvalue weighted by Gasteiger charge is 2.27. The molecule has 0 aromatic rings. The van der Waals surface area contributed by atoms with Crippen LogP contribution in [0, 0.1) is 0 Å². The van der Waals surface area contributed by atoms with Crippen molar-refractivity contribution in [2.24, 2.45) is 4.99 Å². The fourth-order valence-corrected chi connectivity index (χ4v) is 3.17. The molecule has 140 valence electrons. The minimum atomic E-state index is 0. The Morgan fingerprint density at radius 1 is 1.25 bits per heavy atom. The van der Waals surface area contributed by atoms with Gasteiger partial charge >= 0.3 is 0 Å². The molecule has 1 aliphatic carbocycles. The van der Waals surface area contributed by atoms with Crippen molar-refractivity contribution in [3.63, 3.8) is 0 Å². The van der Waals surface area contributed by atoms with E-state index in [4.69, 9.17) is 4.99 Å². The number of nitrogens with zero attached hydrogens (tertiary/aromatic N) is 3. The third kappa shape index (κ3) is 6.74. The summed E-state index contributed by atoms with van der Waals surface area (Å²) in [5.41, 5.74) is 0. The van der Waals surface area contributed by atoms with Gasteiger partial charge in [0, 0.05) is 44.7 Å². The molecule has 2 rings (SSSR count). The van der Waals surface area contributed by atoms with Crippen LogP contribution in [0.25, 0.3) is 0 Å². The van der Waals surface area contributed by atoms with E-state index < -0.39 is 0 Å². The molecule has 1 heterocycles. The fourth-order valence-electron chi connectivity index (χ4n) is 3.17. The van der Waals surface area contributed by atoms with Gasteiger partial charge in [0.05, 0.1) is 6.54 Å². The van der Waals surface area contributed by atoms with Crippen LogP contribution in [0.1, 0.15) is 46.5 Å². The van der Waals surface area contributed by atoms with Crippen molar-refractivity contribution in [3.05, 3.63) is 0 Å². The number of guanidine groups is 1. The number of rotatable bonds is 8. The second-order valence-corrected chi connectivity index (χ2v) is 6.44. The average Bonchev–Trinajstić information content (AvgIpc) is 3.29. The minimum absolute atomic E-state index is 0. The maximum absolute atomic E-state index is 11.8. The van der Waals surface area contributed by atoms with Crippen molar-refractivity contribution in [3.8, 4) is 0 Å². The summed E-state index contributed by atoms with van der Waals surface area (Å²) >= 11 is 0. The number of carbonyl (C=O) groups is 1. The zero-order valence-electron chi connectivity index (χ0n) is 15.4. The first-order valence-electron chi connectivity index (χ1n) is 9.24. The van der Waals surface area contributed by atoms with Gasteiger partial charge < -0.3 is 15.5 Å². The molecule has 2 fully saturated rings. The molecular weight excluding hydrogens is 417 g/mol. The first-order chi connectivity index (χ1) is 11.2. The van der Waals surface area contributed by atoms with E-state index in [1.54, 1.807) is 0 Å². The lowest BCUT2D eigenvalue weighted by Gasteiger charge is -2.20. The second-order valence-electron chi connectivity index (χ2n) is 6.44. The van der Waals surface area contributed by atoms with E-state index in [-0.39, 0.29) is 29.9 Å². The molecule has 7 heteroatoms. The van der Waals surface area contributed by atoms with Crippen LogP contribution in [0.5, 0.6) is 0 Å². The number of likely N-dealkylation sites (N-methyl/N-ethyl adjacent to an activating group) is 1. The van der Waals surface area contributed by atoms with Crippen LogP contribution in [0.2, 0.25) is 0 Å². The van der Waals surface area contributed by atoms with E-state index in [1.165, 1.54) is 12.8 Å². The first kappa shape index (κ1) is 21.5. The van der Waals surface area contributed by atoms with Gasteiger partial charge in [0.25, 0.3) is 0 Å². The molecular formula is C17H34IN5O. The first-order valence-corrected chi connectivity index (χ1v) is 9.24. The maximum atomic E-state index is 11.8. The molecule has 2 aliphatic rings. The van der Waals surface area contributed by atoms with Gasteiger partial charge in [-0.15, -0.1) is 24.0 Å². The van der Waals surface area contributed by atoms with Gasteiger partial charge in [-0.1, -0.05) is 13.8 Å². The zero-order valence-corrected chi connectivity index (χ0v) is 17.7. The van der Waals surface area contributed by atoms with Crippen LogP contribution < -0.4 is 10.6 Å². The molecule has 6 nitrogen and oxygen atoms in total. The Hall–Kier alpha value is -0.570. The summed E-state index contributed by atoms with van der Waals surface area (Å²) in [6.45, 7) is 11.7. The predicted molar refractivity (Wildman–Crippen MR) is 110 cm³/mol. The molecule has 0 bridgehead atoms. The highest BCUT2D eigenvalue weighted by atomic mass is 127. The van der Waals surface area contributed by atoms with Crippen LogP contribution in [0.4, 0.5) is 0 Å². The smallest absolute Gasteiger partial charge is 0.222 e. The molecule has 0 spiro atoms. The Labute approximate surface area is 163 Å². The summed E-state index contributed by atoms with van der Waals surface area (Å²) in [6.07, 6.45) is 4.28. The van der Waals surface area contributed by atoms with Crippen molar-refractivity contribution in [2.45, 2.75) is 58.5 Å². The van der Waals surface area contributed by atoms with Gasteiger partial charge in [0.1, 0.15) is 0 Å². The number of carbonyl (C=O) groups excluding carboxylic acids is 1. The van der Waals surface area contributed by atoms with Crippen molar-refractivity contribution < 1.29 is 4.79 Å². The third-order valence-electron chi connectivity index (χ3n) is 4.66. The molecule has 1 saturated heterocycles. The highest BCUT2D eigenvalue weighted by Crippen LogP contribution is 2.25. The average molecular weight is 451 g/mol. The third-order valence-corrected chi connectivity index (χ3v) is 4.66. The highest BCUT2D eigenvalue weighted by molar-refractivity contribution is 14.0. The number of halogens is 1. The lowest BCUT2D eigenvalue weighted by Crippen LogP contribution is -2.45. The van der Waals surface area contributed by atoms with E-state index in [9.17, 15) is 4.79 Å². The van der Waals surface area contributed by atoms with Gasteiger partial charge in [-0.3, -0.25) is 14.7 Å². The predicted octanol–water partition coefficient (Wildman–Crippen LogP) is 1.65. The van der Waals surface area contributed by atoms with Crippen LogP contribution in [-0.4, -0.2) is 73.0 Å². The minimum Gasteiger partial charge on any atom is -0.357 e. The topological polar surface area (TPSA) is 60.0 Å². The van der Waals surface area contributed by atoms with Crippen molar-refractivity contribution in [1.29, 1.82) is 0 Å². The van der Waals surface area contributed by atoms with E-state index >= 15 is 0 Å². The molecule has 1 saturated carbocycles. The number of nitrogens with one attached hydrogen (secondary N) is 2. The molecule has 24 heavy (non-hydrogen) atoms. The monoisotopic (exact) mass is 451 g/mol. The number of aliphatic imine (C=N–C) groups is 1. The van der Waals surface area contributed by atoms with Gasteiger partial charge in [0.15, 0.2) is 5.96 Å². The summed E-state index contributed by atoms with van der Waals surface area (Å²) in [7, 11) is 0. The molecule has 2 N–H and O–H groups in total. The summed E-state index contributed by atoms with van der Waals surface area (Å²) in [4.78, 5) is 21.0. The lowest BCUT2D eigenvalue weighted by molar-refractivity contribution is -0.129. The summed E-state index contributed by atoms with van der Waals surface area (Å²) < 4.78 is 0. The van der Waals surface area contributed by atoms with E-state index in [1.807, 2.05) is 11.8 Å². The molecule has 0 aromatic carbocycles. The van der Waals surface area contributed by atoms with Crippen LogP contribution in [-0.2, 0) is 4.79 Å². The molecule has 0 aromatic heterocycles. The second kappa shape index (κ2) is 11.1. The maximum Gasteiger partial charge on any atom is 0.222 e. The normalized spacial score (nSPS) is 20.9. The number of amides is 1. The number of likely N-dealkylation sites (tertiary alicyclic amines) is 1. The summed E-state index contributed by atoms with van der Waals surface area (Å²) in [5.74, 6) is 1.13. The quantitative estimate of drug-likeness (QED) is 0.335. The van der Waals surface area contributed by atoms with Gasteiger partial charge in [0.2, 0.25) is 5.91 Å². The van der Waals surface area contributed by atoms with Crippen molar-refractivity contribution in [1.82, 2.24) is 20.4 Å². The Balaban J connectivity index is 0.00000288. The summed E-state index contributed by atoms with van der Waals surface area (Å²) in [5, 5.41) is 6.81. The Kier molecular flexibility index (Phi) is 9.95. The Morgan fingerprint density at radius 2 is 2.00 bits per heavy atom. The van der Waals surface area contributed by atoms with E-state index in [0.717, 1.165) is 57.7 Å². The standard InChI is InChI=1S/C17H33N5O.HI/c1-4-16(23)22-11-9-14(13-22)20-17(18-5-2)19-10-12-21(6-3)15-7-8-15;/h14-15H,4-13H2,1-3H3,(H2,18,19,20);1H. The SMILES string of the molecule is CCNC(=NCCN(CC)C1CC1)NC1CCN(C(=O)CC)C1.I. The largest absolute Gasteiger partial charge is 0.357 e. The van der Waals surface area contributed by atoms with E-state index in [0.29, 0.717) is 12.5 Å². The van der Waals surface area contributed by atoms with Crippen LogP contribution >= 0.6 is 24.0 Å². The molecule has 0 radical (unpaired) electrons. The van der Waals surface area contributed by atoms with Gasteiger partial charge in [-0.05, 0) is 32.7 Å². The van der Waals surface area contributed by atoms with E-state index in [2.05, 4.69) is 29.4 Å². The van der Waals surface area contributed by atoms with Crippen LogP contribution in [0.3, 0.4) is 0 Å². The van der Waals surface area contributed by atoms with Crippen LogP contribution in [0.15, 0.2) is 4.99 Å². The Morgan fingerprint density at radius 3 is 2.58 bits per heavy atom. The lowest BCUT2D eigenvalue weighted by atomic mass is 10.3.